The summed E-state index contributed by atoms with van der Waals surface area (Å²) in [7, 11) is 0. The number of nitrogens with zero attached hydrogens (tertiary/aromatic N) is 2. The van der Waals surface area contributed by atoms with Gasteiger partial charge in [-0.15, -0.1) is 0 Å². The summed E-state index contributed by atoms with van der Waals surface area (Å²) in [6.07, 6.45) is 1.79. The highest BCUT2D eigenvalue weighted by molar-refractivity contribution is 5.81. The van der Waals surface area contributed by atoms with Crippen molar-refractivity contribution in [3.63, 3.8) is 0 Å². The quantitative estimate of drug-likeness (QED) is 0.708. The third-order valence-corrected chi connectivity index (χ3v) is 4.30. The van der Waals surface area contributed by atoms with Crippen molar-refractivity contribution in [1.82, 2.24) is 9.80 Å². The molecule has 2 rings (SSSR count). The molecule has 2 aliphatic rings. The number of rotatable bonds is 4. The zero-order valence-electron chi connectivity index (χ0n) is 13.0. The van der Waals surface area contributed by atoms with E-state index in [1.54, 1.807) is 0 Å². The molecule has 2 heterocycles. The fourth-order valence-corrected chi connectivity index (χ4v) is 3.01. The van der Waals surface area contributed by atoms with Crippen LogP contribution in [0.3, 0.4) is 0 Å². The van der Waals surface area contributed by atoms with Gasteiger partial charge in [0.1, 0.15) is 0 Å². The number of amides is 1. The molecule has 0 spiro atoms. The molecule has 0 aliphatic carbocycles. The Labute approximate surface area is 126 Å². The lowest BCUT2D eigenvalue weighted by Crippen LogP contribution is -2.53. The van der Waals surface area contributed by atoms with Crippen LogP contribution in [0.1, 0.15) is 26.7 Å². The number of carbonyl (C=O) groups excluding carboxylic acids is 2. The lowest BCUT2D eigenvalue weighted by atomic mass is 9.96. The van der Waals surface area contributed by atoms with Gasteiger partial charge in [-0.05, 0) is 33.2 Å². The first kappa shape index (κ1) is 16.2. The van der Waals surface area contributed by atoms with Crippen molar-refractivity contribution >= 4 is 11.9 Å². The van der Waals surface area contributed by atoms with E-state index in [0.717, 1.165) is 19.4 Å². The van der Waals surface area contributed by atoms with Crippen molar-refractivity contribution in [1.29, 1.82) is 0 Å². The molecule has 1 unspecified atom stereocenters. The van der Waals surface area contributed by atoms with Crippen molar-refractivity contribution in [3.8, 4) is 0 Å². The molecular formula is C15H26N2O4. The van der Waals surface area contributed by atoms with Gasteiger partial charge in [0.15, 0.2) is 0 Å². The first-order chi connectivity index (χ1) is 10.1. The minimum atomic E-state index is -0.180. The van der Waals surface area contributed by atoms with Crippen LogP contribution in [0, 0.1) is 5.92 Å². The fraction of sp³-hybridized carbons (Fsp3) is 0.867. The summed E-state index contributed by atoms with van der Waals surface area (Å²) in [5.41, 5.74) is 0. The van der Waals surface area contributed by atoms with Crippen LogP contribution in [-0.2, 0) is 19.1 Å². The largest absolute Gasteiger partial charge is 0.466 e. The molecular weight excluding hydrogens is 272 g/mol. The summed E-state index contributed by atoms with van der Waals surface area (Å²) >= 11 is 0. The monoisotopic (exact) mass is 298 g/mol. The minimum Gasteiger partial charge on any atom is -0.466 e. The number of likely N-dealkylation sites (tertiary alicyclic amines) is 1. The maximum atomic E-state index is 12.5. The maximum Gasteiger partial charge on any atom is 0.310 e. The highest BCUT2D eigenvalue weighted by atomic mass is 16.5. The lowest BCUT2D eigenvalue weighted by molar-refractivity contribution is -0.152. The van der Waals surface area contributed by atoms with E-state index < -0.39 is 0 Å². The zero-order chi connectivity index (χ0) is 15.2. The van der Waals surface area contributed by atoms with Gasteiger partial charge >= 0.3 is 5.97 Å². The van der Waals surface area contributed by atoms with Crippen LogP contribution in [0.4, 0.5) is 0 Å². The van der Waals surface area contributed by atoms with E-state index in [9.17, 15) is 9.59 Å². The van der Waals surface area contributed by atoms with Gasteiger partial charge in [-0.25, -0.2) is 0 Å². The van der Waals surface area contributed by atoms with Gasteiger partial charge in [0.2, 0.25) is 5.91 Å². The van der Waals surface area contributed by atoms with Gasteiger partial charge < -0.3 is 14.4 Å². The van der Waals surface area contributed by atoms with Crippen LogP contribution in [0.15, 0.2) is 0 Å². The molecule has 0 N–H and O–H groups in total. The first-order valence-corrected chi connectivity index (χ1v) is 7.90. The number of hydrogen-bond donors (Lipinski definition) is 0. The second kappa shape index (κ2) is 7.75. The predicted octanol–water partition coefficient (Wildman–Crippen LogP) is 0.509. The van der Waals surface area contributed by atoms with E-state index in [2.05, 4.69) is 4.90 Å². The number of ether oxygens (including phenoxy) is 2. The Morgan fingerprint density at radius 1 is 1.29 bits per heavy atom. The Kier molecular flexibility index (Phi) is 5.99. The normalized spacial score (nSPS) is 25.4. The molecule has 120 valence electrons. The molecule has 0 radical (unpaired) electrons. The number of piperidine rings is 1. The summed E-state index contributed by atoms with van der Waals surface area (Å²) in [6, 6.07) is -0.180. The minimum absolute atomic E-state index is 0.0985. The molecule has 0 aromatic heterocycles. The van der Waals surface area contributed by atoms with Gasteiger partial charge in [0.25, 0.3) is 0 Å². The Morgan fingerprint density at radius 2 is 2.00 bits per heavy atom. The Morgan fingerprint density at radius 3 is 2.67 bits per heavy atom. The summed E-state index contributed by atoms with van der Waals surface area (Å²) in [6.45, 7) is 8.22. The van der Waals surface area contributed by atoms with Crippen LogP contribution in [-0.4, -0.2) is 73.7 Å². The number of hydrogen-bond acceptors (Lipinski definition) is 5. The number of carbonyl (C=O) groups is 2. The Balaban J connectivity index is 1.90. The summed E-state index contributed by atoms with van der Waals surface area (Å²) in [4.78, 5) is 28.4. The molecule has 0 saturated carbocycles. The molecule has 0 bridgehead atoms. The lowest BCUT2D eigenvalue weighted by Gasteiger charge is -2.38. The van der Waals surface area contributed by atoms with E-state index in [1.807, 2.05) is 18.7 Å². The zero-order valence-corrected chi connectivity index (χ0v) is 13.0. The second-order valence-corrected chi connectivity index (χ2v) is 5.70. The summed E-state index contributed by atoms with van der Waals surface area (Å²) in [5, 5.41) is 0. The summed E-state index contributed by atoms with van der Waals surface area (Å²) in [5.74, 6) is -0.0883. The molecule has 2 atom stereocenters. The van der Waals surface area contributed by atoms with Gasteiger partial charge in [-0.3, -0.25) is 14.5 Å². The van der Waals surface area contributed by atoms with Crippen molar-refractivity contribution in [3.05, 3.63) is 0 Å². The highest BCUT2D eigenvalue weighted by Gasteiger charge is 2.33. The van der Waals surface area contributed by atoms with E-state index in [1.165, 1.54) is 0 Å². The van der Waals surface area contributed by atoms with Crippen molar-refractivity contribution in [2.75, 3.05) is 46.0 Å². The van der Waals surface area contributed by atoms with Crippen molar-refractivity contribution < 1.29 is 19.1 Å². The predicted molar refractivity (Wildman–Crippen MR) is 77.8 cm³/mol. The first-order valence-electron chi connectivity index (χ1n) is 7.90. The molecule has 0 aromatic rings. The van der Waals surface area contributed by atoms with Gasteiger partial charge in [-0.2, -0.15) is 0 Å². The van der Waals surface area contributed by atoms with Crippen LogP contribution in [0.25, 0.3) is 0 Å². The van der Waals surface area contributed by atoms with Crippen LogP contribution in [0.5, 0.6) is 0 Å². The van der Waals surface area contributed by atoms with E-state index >= 15 is 0 Å². The average molecular weight is 298 g/mol. The van der Waals surface area contributed by atoms with Crippen LogP contribution < -0.4 is 0 Å². The topological polar surface area (TPSA) is 59.1 Å². The molecule has 6 heteroatoms. The van der Waals surface area contributed by atoms with E-state index in [4.69, 9.17) is 9.47 Å². The molecule has 2 fully saturated rings. The SMILES string of the molecule is CCOC(=O)[C@@H]1CCCN(C(C)C(=O)N2CCOCC2)C1. The summed E-state index contributed by atoms with van der Waals surface area (Å²) < 4.78 is 10.4. The number of morpholine rings is 1. The third-order valence-electron chi connectivity index (χ3n) is 4.30. The van der Waals surface area contributed by atoms with Crippen molar-refractivity contribution in [2.45, 2.75) is 32.7 Å². The molecule has 2 saturated heterocycles. The highest BCUT2D eigenvalue weighted by Crippen LogP contribution is 2.20. The number of esters is 1. The molecule has 2 aliphatic heterocycles. The molecule has 6 nitrogen and oxygen atoms in total. The van der Waals surface area contributed by atoms with E-state index in [0.29, 0.717) is 39.5 Å². The average Bonchev–Trinajstić information content (AvgIpc) is 2.54. The van der Waals surface area contributed by atoms with Crippen LogP contribution in [0.2, 0.25) is 0 Å². The van der Waals surface area contributed by atoms with Gasteiger partial charge in [0.05, 0.1) is 31.8 Å². The standard InChI is InChI=1S/C15H26N2O4/c1-3-21-15(19)13-5-4-6-17(11-13)12(2)14(18)16-7-9-20-10-8-16/h12-13H,3-11H2,1-2H3/t12?,13-/m1/s1. The fourth-order valence-electron chi connectivity index (χ4n) is 3.01. The van der Waals surface area contributed by atoms with Gasteiger partial charge in [-0.1, -0.05) is 0 Å². The second-order valence-electron chi connectivity index (χ2n) is 5.70. The van der Waals surface area contributed by atoms with E-state index in [-0.39, 0.29) is 23.8 Å². The molecule has 1 amide bonds. The Hall–Kier alpha value is -1.14. The third kappa shape index (κ3) is 4.17. The molecule has 21 heavy (non-hydrogen) atoms. The van der Waals surface area contributed by atoms with Crippen molar-refractivity contribution in [2.24, 2.45) is 5.92 Å². The van der Waals surface area contributed by atoms with Crippen LogP contribution >= 0.6 is 0 Å². The van der Waals surface area contributed by atoms with Gasteiger partial charge in [0, 0.05) is 19.6 Å². The maximum absolute atomic E-state index is 12.5. The smallest absolute Gasteiger partial charge is 0.310 e. The molecule has 0 aromatic carbocycles. The Bertz CT molecular complexity index is 369.